The van der Waals surface area contributed by atoms with E-state index in [1.165, 1.54) is 24.3 Å². The van der Waals surface area contributed by atoms with Gasteiger partial charge in [0.15, 0.2) is 0 Å². The number of hydrogen-bond donors (Lipinski definition) is 1. The van der Waals surface area contributed by atoms with Crippen molar-refractivity contribution in [1.82, 2.24) is 0 Å². The summed E-state index contributed by atoms with van der Waals surface area (Å²) in [6.45, 7) is 0. The number of amides is 3. The minimum absolute atomic E-state index is 0.0217. The largest absolute Gasteiger partial charge is 0.325 e. The van der Waals surface area contributed by atoms with Crippen molar-refractivity contribution < 1.29 is 19.3 Å². The number of imide groups is 1. The molecule has 1 fully saturated rings. The van der Waals surface area contributed by atoms with Crippen molar-refractivity contribution in [3.63, 3.8) is 0 Å². The molecule has 28 heavy (non-hydrogen) atoms. The van der Waals surface area contributed by atoms with Crippen LogP contribution >= 0.6 is 27.7 Å². The number of nitro benzene ring substituents is 1. The molecule has 0 aliphatic carbocycles. The topological polar surface area (TPSA) is 110 Å². The first kappa shape index (κ1) is 20.0. The van der Waals surface area contributed by atoms with Crippen LogP contribution in [0.1, 0.15) is 6.42 Å². The first-order valence-corrected chi connectivity index (χ1v) is 9.97. The fraction of sp³-hybridized carbons (Fsp3) is 0.167. The molecule has 1 heterocycles. The van der Waals surface area contributed by atoms with E-state index in [1.807, 2.05) is 0 Å². The molecule has 1 aliphatic heterocycles. The van der Waals surface area contributed by atoms with Gasteiger partial charge in [0.2, 0.25) is 17.7 Å². The lowest BCUT2D eigenvalue weighted by molar-refractivity contribution is -0.384. The molecule has 1 N–H and O–H groups in total. The molecule has 2 aromatic rings. The van der Waals surface area contributed by atoms with Crippen LogP contribution in [0, 0.1) is 10.1 Å². The summed E-state index contributed by atoms with van der Waals surface area (Å²) in [5.41, 5.74) is 0.788. The minimum atomic E-state index is -0.668. The Morgan fingerprint density at radius 2 is 1.82 bits per heavy atom. The van der Waals surface area contributed by atoms with E-state index in [-0.39, 0.29) is 29.5 Å². The maximum absolute atomic E-state index is 12.6. The highest BCUT2D eigenvalue weighted by molar-refractivity contribution is 9.10. The van der Waals surface area contributed by atoms with Crippen LogP contribution in [0.25, 0.3) is 0 Å². The molecule has 0 spiro atoms. The number of carbonyl (C=O) groups is 3. The third kappa shape index (κ3) is 4.57. The number of thioether (sulfide) groups is 1. The Bertz CT molecular complexity index is 933. The SMILES string of the molecule is O=C(CSC1CC(=O)N(c2ccc([N+](=O)[O-])cc2)C1=O)Nc1ccc(Br)cc1. The molecule has 2 aromatic carbocycles. The molecular formula is C18H14BrN3O5S. The summed E-state index contributed by atoms with van der Waals surface area (Å²) in [5, 5.41) is 12.8. The number of halogens is 1. The van der Waals surface area contributed by atoms with Gasteiger partial charge >= 0.3 is 0 Å². The van der Waals surface area contributed by atoms with Gasteiger partial charge in [-0.3, -0.25) is 24.5 Å². The Morgan fingerprint density at radius 3 is 2.43 bits per heavy atom. The van der Waals surface area contributed by atoms with Gasteiger partial charge in [-0.15, -0.1) is 11.8 Å². The lowest BCUT2D eigenvalue weighted by atomic mass is 10.2. The zero-order valence-corrected chi connectivity index (χ0v) is 16.7. The molecule has 8 nitrogen and oxygen atoms in total. The maximum Gasteiger partial charge on any atom is 0.269 e. The third-order valence-corrected chi connectivity index (χ3v) is 5.70. The standard InChI is InChI=1S/C18H14BrN3O5S/c19-11-1-3-12(4-2-11)20-16(23)10-28-15-9-17(24)21(18(15)25)13-5-7-14(8-6-13)22(26)27/h1-8,15H,9-10H2,(H,20,23). The quantitative estimate of drug-likeness (QED) is 0.399. The van der Waals surface area contributed by atoms with Crippen LogP contribution in [0.4, 0.5) is 17.1 Å². The van der Waals surface area contributed by atoms with Crippen molar-refractivity contribution in [3.05, 3.63) is 63.1 Å². The fourth-order valence-corrected chi connectivity index (χ4v) is 3.83. The zero-order chi connectivity index (χ0) is 20.3. The summed E-state index contributed by atoms with van der Waals surface area (Å²) in [7, 11) is 0. The summed E-state index contributed by atoms with van der Waals surface area (Å²) >= 11 is 4.40. The van der Waals surface area contributed by atoms with Gasteiger partial charge in [0, 0.05) is 28.7 Å². The van der Waals surface area contributed by atoms with Gasteiger partial charge in [0.25, 0.3) is 5.69 Å². The summed E-state index contributed by atoms with van der Waals surface area (Å²) in [4.78, 5) is 48.0. The van der Waals surface area contributed by atoms with E-state index in [0.29, 0.717) is 5.69 Å². The van der Waals surface area contributed by atoms with E-state index in [1.54, 1.807) is 24.3 Å². The first-order chi connectivity index (χ1) is 13.3. The average Bonchev–Trinajstić information content (AvgIpc) is 2.95. The van der Waals surface area contributed by atoms with Crippen LogP contribution in [0.2, 0.25) is 0 Å². The molecule has 3 rings (SSSR count). The summed E-state index contributed by atoms with van der Waals surface area (Å²) < 4.78 is 0.890. The second-order valence-electron chi connectivity index (χ2n) is 5.90. The molecule has 1 atom stereocenters. The Hall–Kier alpha value is -2.72. The van der Waals surface area contributed by atoms with Crippen LogP contribution in [0.15, 0.2) is 53.0 Å². The Balaban J connectivity index is 1.59. The Kier molecular flexibility index (Phi) is 6.10. The van der Waals surface area contributed by atoms with Gasteiger partial charge < -0.3 is 5.32 Å². The van der Waals surface area contributed by atoms with Gasteiger partial charge in [-0.05, 0) is 36.4 Å². The van der Waals surface area contributed by atoms with E-state index in [2.05, 4.69) is 21.2 Å². The summed E-state index contributed by atoms with van der Waals surface area (Å²) in [5.74, 6) is -1.08. The molecule has 3 amide bonds. The smallest absolute Gasteiger partial charge is 0.269 e. The van der Waals surface area contributed by atoms with Crippen LogP contribution in [0.5, 0.6) is 0 Å². The molecule has 144 valence electrons. The predicted molar refractivity (Wildman–Crippen MR) is 109 cm³/mol. The summed E-state index contributed by atoms with van der Waals surface area (Å²) in [6, 6.07) is 12.3. The van der Waals surface area contributed by atoms with Gasteiger partial charge in [-0.2, -0.15) is 0 Å². The number of non-ortho nitro benzene ring substituents is 1. The molecule has 1 saturated heterocycles. The lowest BCUT2D eigenvalue weighted by Gasteiger charge is -2.14. The monoisotopic (exact) mass is 463 g/mol. The first-order valence-electron chi connectivity index (χ1n) is 8.13. The van der Waals surface area contributed by atoms with E-state index in [9.17, 15) is 24.5 Å². The number of hydrogen-bond acceptors (Lipinski definition) is 6. The number of rotatable bonds is 6. The molecule has 1 aliphatic rings. The molecule has 1 unspecified atom stereocenters. The average molecular weight is 464 g/mol. The second kappa shape index (κ2) is 8.53. The molecule has 10 heteroatoms. The lowest BCUT2D eigenvalue weighted by Crippen LogP contribution is -2.31. The van der Waals surface area contributed by atoms with Gasteiger partial charge in [0.05, 0.1) is 21.6 Å². The molecule has 0 aromatic heterocycles. The van der Waals surface area contributed by atoms with Crippen molar-refractivity contribution in [2.24, 2.45) is 0 Å². The predicted octanol–water partition coefficient (Wildman–Crippen LogP) is 3.36. The number of benzene rings is 2. The van der Waals surface area contributed by atoms with Gasteiger partial charge in [0.1, 0.15) is 0 Å². The molecule has 0 bridgehead atoms. The number of carbonyl (C=O) groups excluding carboxylic acids is 3. The number of nitrogens with zero attached hydrogens (tertiary/aromatic N) is 2. The third-order valence-electron chi connectivity index (χ3n) is 3.97. The highest BCUT2D eigenvalue weighted by Gasteiger charge is 2.40. The Labute approximate surface area is 172 Å². The van der Waals surface area contributed by atoms with Crippen LogP contribution in [-0.4, -0.2) is 33.6 Å². The van der Waals surface area contributed by atoms with Gasteiger partial charge in [-0.25, -0.2) is 4.90 Å². The zero-order valence-electron chi connectivity index (χ0n) is 14.3. The second-order valence-corrected chi connectivity index (χ2v) is 8.01. The van der Waals surface area contributed by atoms with Crippen molar-refractivity contribution in [2.75, 3.05) is 16.0 Å². The minimum Gasteiger partial charge on any atom is -0.325 e. The number of nitrogens with one attached hydrogen (secondary N) is 1. The van der Waals surface area contributed by atoms with E-state index >= 15 is 0 Å². The van der Waals surface area contributed by atoms with E-state index in [0.717, 1.165) is 21.1 Å². The van der Waals surface area contributed by atoms with Crippen LogP contribution in [0.3, 0.4) is 0 Å². The normalized spacial score (nSPS) is 16.3. The molecule has 0 radical (unpaired) electrons. The van der Waals surface area contributed by atoms with Crippen molar-refractivity contribution >= 4 is 62.5 Å². The van der Waals surface area contributed by atoms with Crippen LogP contribution in [-0.2, 0) is 14.4 Å². The highest BCUT2D eigenvalue weighted by atomic mass is 79.9. The number of nitro groups is 1. The number of anilines is 2. The molecule has 0 saturated carbocycles. The highest BCUT2D eigenvalue weighted by Crippen LogP contribution is 2.30. The van der Waals surface area contributed by atoms with Gasteiger partial charge in [-0.1, -0.05) is 15.9 Å². The van der Waals surface area contributed by atoms with Crippen molar-refractivity contribution in [3.8, 4) is 0 Å². The fourth-order valence-electron chi connectivity index (χ4n) is 2.64. The van der Waals surface area contributed by atoms with Crippen molar-refractivity contribution in [1.29, 1.82) is 0 Å². The van der Waals surface area contributed by atoms with Crippen molar-refractivity contribution in [2.45, 2.75) is 11.7 Å². The summed E-state index contributed by atoms with van der Waals surface area (Å²) in [6.07, 6.45) is -0.0218. The van der Waals surface area contributed by atoms with Crippen LogP contribution < -0.4 is 10.2 Å². The van der Waals surface area contributed by atoms with E-state index < -0.39 is 22.0 Å². The maximum atomic E-state index is 12.6. The Morgan fingerprint density at radius 1 is 1.18 bits per heavy atom. The van der Waals surface area contributed by atoms with E-state index in [4.69, 9.17) is 0 Å². The molecular weight excluding hydrogens is 450 g/mol.